The second-order valence-electron chi connectivity index (χ2n) is 4.11. The molecule has 0 aliphatic carbocycles. The maximum Gasteiger partial charge on any atom is 0.131 e. The van der Waals surface area contributed by atoms with Gasteiger partial charge in [0.2, 0.25) is 0 Å². The van der Waals surface area contributed by atoms with E-state index < -0.39 is 0 Å². The Kier molecular flexibility index (Phi) is 4.04. The zero-order valence-corrected chi connectivity index (χ0v) is 9.92. The summed E-state index contributed by atoms with van der Waals surface area (Å²) in [6, 6.07) is 6.50. The first-order valence-electron chi connectivity index (χ1n) is 5.28. The molecule has 1 atom stereocenters. The summed E-state index contributed by atoms with van der Waals surface area (Å²) in [7, 11) is 1.90. The lowest BCUT2D eigenvalue weighted by molar-refractivity contribution is -0.117. The van der Waals surface area contributed by atoms with Crippen molar-refractivity contribution in [2.75, 3.05) is 7.05 Å². The molecule has 2 heteroatoms. The standard InChI is InChI=1S/C13H19NO/c1-9-5-6-10(2)12(7-9)13(14-4)8-11(3)15/h5-7,13-14H,8H2,1-4H3. The molecular formula is C13H19NO. The summed E-state index contributed by atoms with van der Waals surface area (Å²) in [6.07, 6.45) is 0.556. The average molecular weight is 205 g/mol. The maximum atomic E-state index is 11.1. The van der Waals surface area contributed by atoms with Crippen LogP contribution in [-0.2, 0) is 4.79 Å². The number of carbonyl (C=O) groups excluding carboxylic acids is 1. The molecule has 0 spiro atoms. The first kappa shape index (κ1) is 11.9. The van der Waals surface area contributed by atoms with E-state index in [1.807, 2.05) is 7.05 Å². The highest BCUT2D eigenvalue weighted by molar-refractivity contribution is 5.76. The minimum Gasteiger partial charge on any atom is -0.313 e. The van der Waals surface area contributed by atoms with E-state index >= 15 is 0 Å². The largest absolute Gasteiger partial charge is 0.313 e. The molecule has 1 N–H and O–H groups in total. The van der Waals surface area contributed by atoms with E-state index in [1.165, 1.54) is 16.7 Å². The van der Waals surface area contributed by atoms with Gasteiger partial charge < -0.3 is 5.32 Å². The van der Waals surface area contributed by atoms with Gasteiger partial charge in [-0.15, -0.1) is 0 Å². The summed E-state index contributed by atoms with van der Waals surface area (Å²) in [5, 5.41) is 3.20. The molecule has 15 heavy (non-hydrogen) atoms. The molecule has 1 aromatic rings. The van der Waals surface area contributed by atoms with Crippen molar-refractivity contribution in [1.82, 2.24) is 5.32 Å². The lowest BCUT2D eigenvalue weighted by atomic mass is 9.96. The van der Waals surface area contributed by atoms with Crippen LogP contribution in [0.5, 0.6) is 0 Å². The average Bonchev–Trinajstić information content (AvgIpc) is 2.18. The fourth-order valence-electron chi connectivity index (χ4n) is 1.79. The molecule has 2 nitrogen and oxygen atoms in total. The van der Waals surface area contributed by atoms with E-state index in [0.29, 0.717) is 6.42 Å². The highest BCUT2D eigenvalue weighted by atomic mass is 16.1. The van der Waals surface area contributed by atoms with Gasteiger partial charge in [-0.3, -0.25) is 4.79 Å². The van der Waals surface area contributed by atoms with Gasteiger partial charge in [-0.1, -0.05) is 23.8 Å². The second kappa shape index (κ2) is 5.08. The number of carbonyl (C=O) groups is 1. The van der Waals surface area contributed by atoms with Crippen LogP contribution in [0.2, 0.25) is 0 Å². The number of nitrogens with one attached hydrogen (secondary N) is 1. The Morgan fingerprint density at radius 2 is 2.07 bits per heavy atom. The molecule has 1 aromatic carbocycles. The molecule has 0 aliphatic rings. The number of hydrogen-bond acceptors (Lipinski definition) is 2. The molecule has 0 bridgehead atoms. The Morgan fingerprint density at radius 3 is 2.60 bits per heavy atom. The van der Waals surface area contributed by atoms with Crippen LogP contribution in [0.1, 0.15) is 36.1 Å². The molecule has 0 aromatic heterocycles. The van der Waals surface area contributed by atoms with Crippen LogP contribution >= 0.6 is 0 Å². The van der Waals surface area contributed by atoms with E-state index in [4.69, 9.17) is 0 Å². The van der Waals surface area contributed by atoms with E-state index in [2.05, 4.69) is 37.4 Å². The van der Waals surface area contributed by atoms with Crippen LogP contribution in [0.3, 0.4) is 0 Å². The van der Waals surface area contributed by atoms with Crippen LogP contribution in [-0.4, -0.2) is 12.8 Å². The molecule has 0 radical (unpaired) electrons. The van der Waals surface area contributed by atoms with Crippen LogP contribution in [0.25, 0.3) is 0 Å². The van der Waals surface area contributed by atoms with Gasteiger partial charge in [-0.2, -0.15) is 0 Å². The van der Waals surface area contributed by atoms with Crippen molar-refractivity contribution in [3.8, 4) is 0 Å². The van der Waals surface area contributed by atoms with Crippen molar-refractivity contribution in [2.24, 2.45) is 0 Å². The van der Waals surface area contributed by atoms with Crippen molar-refractivity contribution >= 4 is 5.78 Å². The van der Waals surface area contributed by atoms with Gasteiger partial charge in [0, 0.05) is 12.5 Å². The Hall–Kier alpha value is -1.15. The second-order valence-corrected chi connectivity index (χ2v) is 4.11. The molecule has 0 fully saturated rings. The molecule has 0 saturated carbocycles. The Balaban J connectivity index is 3.00. The number of aryl methyl sites for hydroxylation is 2. The van der Waals surface area contributed by atoms with Crippen molar-refractivity contribution in [3.05, 3.63) is 34.9 Å². The molecule has 0 saturated heterocycles. The number of rotatable bonds is 4. The predicted octanol–water partition coefficient (Wildman–Crippen LogP) is 2.54. The van der Waals surface area contributed by atoms with Crippen molar-refractivity contribution in [2.45, 2.75) is 33.2 Å². The third kappa shape index (κ3) is 3.17. The van der Waals surface area contributed by atoms with E-state index in [0.717, 1.165) is 0 Å². The maximum absolute atomic E-state index is 11.1. The van der Waals surface area contributed by atoms with E-state index in [-0.39, 0.29) is 11.8 Å². The molecule has 82 valence electrons. The van der Waals surface area contributed by atoms with Gasteiger partial charge in [0.15, 0.2) is 0 Å². The number of Topliss-reactive ketones (excluding diaryl/α,β-unsaturated/α-hetero) is 1. The molecule has 0 aliphatic heterocycles. The van der Waals surface area contributed by atoms with Gasteiger partial charge in [-0.25, -0.2) is 0 Å². The lowest BCUT2D eigenvalue weighted by Crippen LogP contribution is -2.20. The Labute approximate surface area is 91.7 Å². The Bertz CT molecular complexity index is 358. The summed E-state index contributed by atoms with van der Waals surface area (Å²) >= 11 is 0. The lowest BCUT2D eigenvalue weighted by Gasteiger charge is -2.18. The molecule has 0 heterocycles. The molecule has 1 rings (SSSR count). The van der Waals surface area contributed by atoms with Crippen LogP contribution < -0.4 is 5.32 Å². The van der Waals surface area contributed by atoms with Crippen molar-refractivity contribution < 1.29 is 4.79 Å². The summed E-state index contributed by atoms with van der Waals surface area (Å²) in [5.41, 5.74) is 3.70. The van der Waals surface area contributed by atoms with Crippen molar-refractivity contribution in [1.29, 1.82) is 0 Å². The molecular weight excluding hydrogens is 186 g/mol. The topological polar surface area (TPSA) is 29.1 Å². The first-order chi connectivity index (χ1) is 7.04. The normalized spacial score (nSPS) is 12.5. The monoisotopic (exact) mass is 205 g/mol. The van der Waals surface area contributed by atoms with E-state index in [1.54, 1.807) is 6.92 Å². The summed E-state index contributed by atoms with van der Waals surface area (Å²) in [4.78, 5) is 11.1. The molecule has 1 unspecified atom stereocenters. The minimum atomic E-state index is 0.141. The third-order valence-electron chi connectivity index (χ3n) is 2.65. The van der Waals surface area contributed by atoms with E-state index in [9.17, 15) is 4.79 Å². The van der Waals surface area contributed by atoms with Crippen LogP contribution in [0, 0.1) is 13.8 Å². The van der Waals surface area contributed by atoms with Crippen molar-refractivity contribution in [3.63, 3.8) is 0 Å². The van der Waals surface area contributed by atoms with Gasteiger partial charge >= 0.3 is 0 Å². The van der Waals surface area contributed by atoms with Gasteiger partial charge in [0.25, 0.3) is 0 Å². The van der Waals surface area contributed by atoms with Gasteiger partial charge in [0.05, 0.1) is 0 Å². The summed E-state index contributed by atoms with van der Waals surface area (Å²) < 4.78 is 0. The summed E-state index contributed by atoms with van der Waals surface area (Å²) in [6.45, 7) is 5.79. The van der Waals surface area contributed by atoms with Gasteiger partial charge in [0.1, 0.15) is 5.78 Å². The zero-order chi connectivity index (χ0) is 11.4. The fourth-order valence-corrected chi connectivity index (χ4v) is 1.79. The predicted molar refractivity (Wildman–Crippen MR) is 63.0 cm³/mol. The van der Waals surface area contributed by atoms with Gasteiger partial charge in [-0.05, 0) is 38.9 Å². The highest BCUT2D eigenvalue weighted by Crippen LogP contribution is 2.21. The van der Waals surface area contributed by atoms with Crippen LogP contribution in [0.15, 0.2) is 18.2 Å². The smallest absolute Gasteiger partial charge is 0.131 e. The fraction of sp³-hybridized carbons (Fsp3) is 0.462. The minimum absolute atomic E-state index is 0.141. The zero-order valence-electron chi connectivity index (χ0n) is 9.92. The molecule has 0 amide bonds. The third-order valence-corrected chi connectivity index (χ3v) is 2.65. The number of benzene rings is 1. The van der Waals surface area contributed by atoms with Crippen LogP contribution in [0.4, 0.5) is 0 Å². The number of ketones is 1. The SMILES string of the molecule is CNC(CC(C)=O)c1cc(C)ccc1C. The first-order valence-corrected chi connectivity index (χ1v) is 5.28. The summed E-state index contributed by atoms with van der Waals surface area (Å²) in [5.74, 6) is 0.218. The quantitative estimate of drug-likeness (QED) is 0.818. The Morgan fingerprint density at radius 1 is 1.40 bits per heavy atom. The highest BCUT2D eigenvalue weighted by Gasteiger charge is 2.13. The number of hydrogen-bond donors (Lipinski definition) is 1.